The number of rotatable bonds is 3. The monoisotopic (exact) mass is 279 g/mol. The highest BCUT2D eigenvalue weighted by atomic mass is 32.2. The molecule has 1 aromatic carbocycles. The SMILES string of the molecule is C[C@H](O)c1ccc(Sc2nc(=O)c(=O)[nH]n2C)cc1. The molecule has 2 N–H and O–H groups in total. The molecular formula is C12H13N3O3S. The largest absolute Gasteiger partial charge is 0.389 e. The molecule has 19 heavy (non-hydrogen) atoms. The number of H-pyrrole nitrogens is 1. The van der Waals surface area contributed by atoms with Crippen LogP contribution in [0.4, 0.5) is 0 Å². The zero-order valence-electron chi connectivity index (χ0n) is 10.5. The molecule has 2 aromatic rings. The van der Waals surface area contributed by atoms with E-state index in [0.717, 1.165) is 10.5 Å². The third kappa shape index (κ3) is 3.12. The number of benzene rings is 1. The minimum Gasteiger partial charge on any atom is -0.389 e. The molecule has 0 unspecified atom stereocenters. The first-order chi connectivity index (χ1) is 8.97. The van der Waals surface area contributed by atoms with Crippen LogP contribution in [0.5, 0.6) is 0 Å². The molecule has 0 aliphatic rings. The summed E-state index contributed by atoms with van der Waals surface area (Å²) in [5, 5.41) is 12.2. The Hall–Kier alpha value is -1.86. The molecule has 100 valence electrons. The van der Waals surface area contributed by atoms with Crippen LogP contribution in [0.2, 0.25) is 0 Å². The summed E-state index contributed by atoms with van der Waals surface area (Å²) in [7, 11) is 1.61. The summed E-state index contributed by atoms with van der Waals surface area (Å²) in [5.74, 6) is 0. The van der Waals surface area contributed by atoms with Crippen molar-refractivity contribution < 1.29 is 5.11 Å². The smallest absolute Gasteiger partial charge is 0.339 e. The van der Waals surface area contributed by atoms with E-state index in [9.17, 15) is 14.7 Å². The lowest BCUT2D eigenvalue weighted by Crippen LogP contribution is -2.33. The number of aliphatic hydroxyl groups is 1. The van der Waals surface area contributed by atoms with Crippen LogP contribution in [-0.2, 0) is 7.05 Å². The second-order valence-electron chi connectivity index (χ2n) is 4.05. The first-order valence-electron chi connectivity index (χ1n) is 5.60. The number of nitrogens with zero attached hydrogens (tertiary/aromatic N) is 2. The van der Waals surface area contributed by atoms with E-state index in [1.54, 1.807) is 26.1 Å². The van der Waals surface area contributed by atoms with Crippen molar-refractivity contribution in [2.45, 2.75) is 23.1 Å². The van der Waals surface area contributed by atoms with Gasteiger partial charge in [0.15, 0.2) is 5.16 Å². The maximum Gasteiger partial charge on any atom is 0.339 e. The highest BCUT2D eigenvalue weighted by molar-refractivity contribution is 7.99. The van der Waals surface area contributed by atoms with Crippen LogP contribution < -0.4 is 11.1 Å². The van der Waals surface area contributed by atoms with Gasteiger partial charge in [0.2, 0.25) is 0 Å². The number of hydrogen-bond donors (Lipinski definition) is 2. The van der Waals surface area contributed by atoms with Gasteiger partial charge in [0.25, 0.3) is 0 Å². The van der Waals surface area contributed by atoms with Gasteiger partial charge in [-0.1, -0.05) is 23.9 Å². The van der Waals surface area contributed by atoms with E-state index in [1.165, 1.54) is 16.4 Å². The molecule has 0 saturated carbocycles. The first kappa shape index (κ1) is 13.6. The van der Waals surface area contributed by atoms with Crippen molar-refractivity contribution in [1.29, 1.82) is 0 Å². The maximum atomic E-state index is 11.2. The third-order valence-corrected chi connectivity index (χ3v) is 3.57. The summed E-state index contributed by atoms with van der Waals surface area (Å²) in [6.07, 6.45) is -0.519. The predicted molar refractivity (Wildman–Crippen MR) is 71.3 cm³/mol. The average molecular weight is 279 g/mol. The number of hydrogen-bond acceptors (Lipinski definition) is 5. The Labute approximate surface area is 113 Å². The average Bonchev–Trinajstić information content (AvgIpc) is 2.36. The van der Waals surface area contributed by atoms with Crippen LogP contribution in [0.15, 0.2) is 43.9 Å². The van der Waals surface area contributed by atoms with Gasteiger partial charge in [-0.3, -0.25) is 19.4 Å². The Morgan fingerprint density at radius 2 is 1.95 bits per heavy atom. The van der Waals surface area contributed by atoms with E-state index in [4.69, 9.17) is 0 Å². The molecule has 1 heterocycles. The molecule has 0 saturated heterocycles. The van der Waals surface area contributed by atoms with E-state index in [1.807, 2.05) is 12.1 Å². The number of aromatic nitrogens is 3. The molecule has 1 aromatic heterocycles. The van der Waals surface area contributed by atoms with Crippen molar-refractivity contribution in [2.24, 2.45) is 7.05 Å². The zero-order chi connectivity index (χ0) is 14.0. The molecule has 0 aliphatic carbocycles. The topological polar surface area (TPSA) is 88.0 Å². The highest BCUT2D eigenvalue weighted by Gasteiger charge is 2.07. The molecule has 1 atom stereocenters. The number of aromatic amines is 1. The Kier molecular flexibility index (Phi) is 3.87. The van der Waals surface area contributed by atoms with Crippen molar-refractivity contribution in [3.05, 3.63) is 50.5 Å². The van der Waals surface area contributed by atoms with E-state index >= 15 is 0 Å². The summed E-state index contributed by atoms with van der Waals surface area (Å²) >= 11 is 1.26. The summed E-state index contributed by atoms with van der Waals surface area (Å²) in [4.78, 5) is 26.8. The maximum absolute atomic E-state index is 11.2. The second kappa shape index (κ2) is 5.41. The lowest BCUT2D eigenvalue weighted by molar-refractivity contribution is 0.199. The predicted octanol–water partition coefficient (Wildman–Crippen LogP) is 0.673. The van der Waals surface area contributed by atoms with Crippen LogP contribution in [0.1, 0.15) is 18.6 Å². The van der Waals surface area contributed by atoms with Crippen LogP contribution >= 0.6 is 11.8 Å². The Morgan fingerprint density at radius 1 is 1.32 bits per heavy atom. The fourth-order valence-electron chi connectivity index (χ4n) is 1.47. The Bertz CT molecular complexity index is 689. The lowest BCUT2D eigenvalue weighted by Gasteiger charge is -2.07. The number of nitrogens with one attached hydrogen (secondary N) is 1. The van der Waals surface area contributed by atoms with Crippen LogP contribution in [0.25, 0.3) is 0 Å². The second-order valence-corrected chi connectivity index (χ2v) is 5.09. The molecule has 0 fully saturated rings. The quantitative estimate of drug-likeness (QED) is 0.806. The summed E-state index contributed by atoms with van der Waals surface area (Å²) in [5.41, 5.74) is -0.731. The van der Waals surface area contributed by atoms with Gasteiger partial charge < -0.3 is 5.11 Å². The van der Waals surface area contributed by atoms with Crippen LogP contribution in [0, 0.1) is 0 Å². The third-order valence-electron chi connectivity index (χ3n) is 2.52. The zero-order valence-corrected chi connectivity index (χ0v) is 11.3. The van der Waals surface area contributed by atoms with E-state index in [0.29, 0.717) is 5.16 Å². The number of aliphatic hydroxyl groups excluding tert-OH is 1. The molecule has 0 amide bonds. The minimum atomic E-state index is -0.804. The van der Waals surface area contributed by atoms with Crippen molar-refractivity contribution >= 4 is 11.8 Å². The minimum absolute atomic E-state index is 0.398. The summed E-state index contributed by atoms with van der Waals surface area (Å²) in [6, 6.07) is 7.25. The van der Waals surface area contributed by atoms with Gasteiger partial charge in [0.1, 0.15) is 0 Å². The van der Waals surface area contributed by atoms with Gasteiger partial charge in [-0.15, -0.1) is 0 Å². The van der Waals surface area contributed by atoms with Crippen molar-refractivity contribution in [3.63, 3.8) is 0 Å². The van der Waals surface area contributed by atoms with Gasteiger partial charge in [0, 0.05) is 11.9 Å². The highest BCUT2D eigenvalue weighted by Crippen LogP contribution is 2.25. The van der Waals surface area contributed by atoms with Gasteiger partial charge >= 0.3 is 11.1 Å². The van der Waals surface area contributed by atoms with E-state index in [-0.39, 0.29) is 0 Å². The number of aryl methyl sites for hydroxylation is 1. The Morgan fingerprint density at radius 3 is 2.53 bits per heavy atom. The molecule has 0 aliphatic heterocycles. The molecular weight excluding hydrogens is 266 g/mol. The first-order valence-corrected chi connectivity index (χ1v) is 6.42. The van der Waals surface area contributed by atoms with Crippen LogP contribution in [-0.4, -0.2) is 19.9 Å². The van der Waals surface area contributed by atoms with E-state index < -0.39 is 17.2 Å². The molecule has 0 radical (unpaired) electrons. The van der Waals surface area contributed by atoms with Crippen molar-refractivity contribution in [2.75, 3.05) is 0 Å². The molecule has 2 rings (SSSR count). The Balaban J connectivity index is 2.29. The fraction of sp³-hybridized carbons (Fsp3) is 0.250. The standard InChI is InChI=1S/C12H13N3O3S/c1-7(16)8-3-5-9(6-4-8)19-12-13-10(17)11(18)14-15(12)2/h3-7,16H,1-2H3,(H,14,18)/t7-/m0/s1. The summed E-state index contributed by atoms with van der Waals surface area (Å²) in [6.45, 7) is 1.69. The van der Waals surface area contributed by atoms with Crippen LogP contribution in [0.3, 0.4) is 0 Å². The lowest BCUT2D eigenvalue weighted by atomic mass is 10.1. The molecule has 0 spiro atoms. The van der Waals surface area contributed by atoms with Gasteiger partial charge in [-0.25, -0.2) is 0 Å². The van der Waals surface area contributed by atoms with Crippen molar-refractivity contribution in [3.8, 4) is 0 Å². The van der Waals surface area contributed by atoms with Crippen molar-refractivity contribution in [1.82, 2.24) is 14.8 Å². The normalized spacial score (nSPS) is 12.4. The van der Waals surface area contributed by atoms with E-state index in [2.05, 4.69) is 10.1 Å². The molecule has 0 bridgehead atoms. The fourth-order valence-corrected chi connectivity index (χ4v) is 2.27. The summed E-state index contributed by atoms with van der Waals surface area (Å²) < 4.78 is 1.40. The molecule has 7 heteroatoms. The van der Waals surface area contributed by atoms with Gasteiger partial charge in [-0.05, 0) is 24.6 Å². The van der Waals surface area contributed by atoms with Gasteiger partial charge in [0.05, 0.1) is 6.10 Å². The van der Waals surface area contributed by atoms with Gasteiger partial charge in [-0.2, -0.15) is 4.98 Å². The molecule has 6 nitrogen and oxygen atoms in total.